The number of anilines is 1. The van der Waals surface area contributed by atoms with Crippen LogP contribution in [0.2, 0.25) is 0 Å². The van der Waals surface area contributed by atoms with Crippen LogP contribution in [0, 0.1) is 0 Å². The van der Waals surface area contributed by atoms with Gasteiger partial charge in [0.25, 0.3) is 5.91 Å². The number of amides is 1. The molecule has 1 N–H and O–H groups in total. The van der Waals surface area contributed by atoms with Gasteiger partial charge in [0.1, 0.15) is 12.4 Å². The van der Waals surface area contributed by atoms with Gasteiger partial charge >= 0.3 is 0 Å². The molecule has 2 aromatic rings. The lowest BCUT2D eigenvalue weighted by atomic mass is 10.1. The van der Waals surface area contributed by atoms with Crippen LogP contribution in [-0.2, 0) is 4.79 Å². The Kier molecular flexibility index (Phi) is 2.82. The number of ether oxygens (including phenoxy) is 1. The van der Waals surface area contributed by atoms with Crippen molar-refractivity contribution < 1.29 is 9.53 Å². The highest BCUT2D eigenvalue weighted by Crippen LogP contribution is 2.26. The standard InChI is InChI=1S/C13H10N2O2S/c16-12(15-13-14-5-6-18-13)10-7-9-3-1-2-4-11(9)17-8-10/h1-7H,8H2,(H,14,15,16). The number of nitrogens with one attached hydrogen (secondary N) is 1. The molecule has 5 heteroatoms. The predicted molar refractivity (Wildman–Crippen MR) is 70.7 cm³/mol. The summed E-state index contributed by atoms with van der Waals surface area (Å²) >= 11 is 1.39. The van der Waals surface area contributed by atoms with Gasteiger partial charge < -0.3 is 4.74 Å². The van der Waals surface area contributed by atoms with E-state index in [0.717, 1.165) is 11.3 Å². The third-order valence-electron chi connectivity index (χ3n) is 2.58. The van der Waals surface area contributed by atoms with E-state index in [1.165, 1.54) is 11.3 Å². The number of benzene rings is 1. The molecule has 1 aliphatic heterocycles. The van der Waals surface area contributed by atoms with Crippen molar-refractivity contribution in [1.29, 1.82) is 0 Å². The van der Waals surface area contributed by atoms with Crippen molar-refractivity contribution in [2.45, 2.75) is 0 Å². The summed E-state index contributed by atoms with van der Waals surface area (Å²) in [6.07, 6.45) is 3.50. The molecule has 2 heterocycles. The second kappa shape index (κ2) is 4.62. The first-order valence-electron chi connectivity index (χ1n) is 5.46. The van der Waals surface area contributed by atoms with Gasteiger partial charge in [0.2, 0.25) is 0 Å². The molecule has 0 bridgehead atoms. The molecule has 0 fully saturated rings. The van der Waals surface area contributed by atoms with E-state index >= 15 is 0 Å². The number of carbonyl (C=O) groups is 1. The monoisotopic (exact) mass is 258 g/mol. The van der Waals surface area contributed by atoms with Crippen molar-refractivity contribution in [2.75, 3.05) is 11.9 Å². The highest BCUT2D eigenvalue weighted by atomic mass is 32.1. The zero-order chi connectivity index (χ0) is 12.4. The Morgan fingerprint density at radius 3 is 3.11 bits per heavy atom. The Morgan fingerprint density at radius 1 is 1.39 bits per heavy atom. The Bertz CT molecular complexity index is 605. The fourth-order valence-corrected chi connectivity index (χ4v) is 2.23. The largest absolute Gasteiger partial charge is 0.488 e. The smallest absolute Gasteiger partial charge is 0.256 e. The normalized spacial score (nSPS) is 13.2. The van der Waals surface area contributed by atoms with E-state index in [4.69, 9.17) is 4.74 Å². The second-order valence-corrected chi connectivity index (χ2v) is 4.68. The summed E-state index contributed by atoms with van der Waals surface area (Å²) in [5, 5.41) is 5.16. The van der Waals surface area contributed by atoms with Crippen molar-refractivity contribution in [1.82, 2.24) is 4.98 Å². The fraction of sp³-hybridized carbons (Fsp3) is 0.0769. The number of rotatable bonds is 2. The van der Waals surface area contributed by atoms with Crippen LogP contribution < -0.4 is 10.1 Å². The molecule has 18 heavy (non-hydrogen) atoms. The van der Waals surface area contributed by atoms with Gasteiger partial charge in [-0.05, 0) is 12.1 Å². The molecule has 0 radical (unpaired) electrons. The van der Waals surface area contributed by atoms with Gasteiger partial charge in [-0.1, -0.05) is 18.2 Å². The summed E-state index contributed by atoms with van der Waals surface area (Å²) in [6.45, 7) is 0.286. The molecule has 1 aromatic carbocycles. The molecule has 90 valence electrons. The van der Waals surface area contributed by atoms with Gasteiger partial charge in [-0.2, -0.15) is 0 Å². The Balaban J connectivity index is 1.82. The summed E-state index contributed by atoms with van der Waals surface area (Å²) in [6, 6.07) is 7.64. The minimum Gasteiger partial charge on any atom is -0.488 e. The van der Waals surface area contributed by atoms with Crippen molar-refractivity contribution >= 4 is 28.5 Å². The van der Waals surface area contributed by atoms with Crippen LogP contribution in [0.4, 0.5) is 5.13 Å². The first-order chi connectivity index (χ1) is 8.83. The van der Waals surface area contributed by atoms with Gasteiger partial charge in [-0.15, -0.1) is 11.3 Å². The molecule has 0 saturated heterocycles. The average Bonchev–Trinajstić information content (AvgIpc) is 2.91. The number of para-hydroxylation sites is 1. The highest BCUT2D eigenvalue weighted by Gasteiger charge is 2.17. The number of fused-ring (bicyclic) bond motifs is 1. The summed E-state index contributed by atoms with van der Waals surface area (Å²) in [4.78, 5) is 16.0. The van der Waals surface area contributed by atoms with E-state index in [1.54, 1.807) is 6.20 Å². The third kappa shape index (κ3) is 2.12. The van der Waals surface area contributed by atoms with Crippen molar-refractivity contribution in [3.63, 3.8) is 0 Å². The highest BCUT2D eigenvalue weighted by molar-refractivity contribution is 7.13. The van der Waals surface area contributed by atoms with Gasteiger partial charge in [0, 0.05) is 17.1 Å². The maximum atomic E-state index is 12.0. The van der Waals surface area contributed by atoms with E-state index in [9.17, 15) is 4.79 Å². The molecular formula is C13H10N2O2S. The molecule has 0 saturated carbocycles. The number of hydrogen-bond donors (Lipinski definition) is 1. The van der Waals surface area contributed by atoms with Crippen molar-refractivity contribution in [2.24, 2.45) is 0 Å². The summed E-state index contributed by atoms with van der Waals surface area (Å²) in [5.74, 6) is 0.641. The molecule has 4 nitrogen and oxygen atoms in total. The molecule has 0 aliphatic carbocycles. The maximum absolute atomic E-state index is 12.0. The first kappa shape index (κ1) is 11.0. The first-order valence-corrected chi connectivity index (χ1v) is 6.34. The van der Waals surface area contributed by atoms with Crippen LogP contribution in [0.1, 0.15) is 5.56 Å². The number of carbonyl (C=O) groups excluding carboxylic acids is 1. The predicted octanol–water partition coefficient (Wildman–Crippen LogP) is 2.56. The van der Waals surface area contributed by atoms with Crippen LogP contribution in [0.15, 0.2) is 41.4 Å². The SMILES string of the molecule is O=C(Nc1nccs1)C1=Cc2ccccc2OC1. The van der Waals surface area contributed by atoms with E-state index in [0.29, 0.717) is 10.7 Å². The Hall–Kier alpha value is -2.14. The van der Waals surface area contributed by atoms with Crippen molar-refractivity contribution in [3.8, 4) is 5.75 Å². The molecule has 3 rings (SSSR count). The number of aromatic nitrogens is 1. The molecule has 0 unspecified atom stereocenters. The fourth-order valence-electron chi connectivity index (χ4n) is 1.71. The summed E-state index contributed by atoms with van der Waals surface area (Å²) < 4.78 is 5.53. The van der Waals surface area contributed by atoms with E-state index in [1.807, 2.05) is 35.7 Å². The number of thiazole rings is 1. The molecule has 1 aliphatic rings. The summed E-state index contributed by atoms with van der Waals surface area (Å²) in [7, 11) is 0. The van der Waals surface area contributed by atoms with Gasteiger partial charge in [-0.3, -0.25) is 10.1 Å². The molecule has 0 atom stereocenters. The lowest BCUT2D eigenvalue weighted by molar-refractivity contribution is -0.113. The average molecular weight is 258 g/mol. The topological polar surface area (TPSA) is 51.2 Å². The molecular weight excluding hydrogens is 248 g/mol. The lowest BCUT2D eigenvalue weighted by Crippen LogP contribution is -2.21. The molecule has 0 spiro atoms. The van der Waals surface area contributed by atoms with E-state index in [2.05, 4.69) is 10.3 Å². The lowest BCUT2D eigenvalue weighted by Gasteiger charge is -2.16. The van der Waals surface area contributed by atoms with E-state index in [-0.39, 0.29) is 12.5 Å². The second-order valence-electron chi connectivity index (χ2n) is 3.79. The number of hydrogen-bond acceptors (Lipinski definition) is 4. The van der Waals surface area contributed by atoms with Crippen LogP contribution in [0.5, 0.6) is 5.75 Å². The minimum absolute atomic E-state index is 0.167. The van der Waals surface area contributed by atoms with Crippen LogP contribution >= 0.6 is 11.3 Å². The van der Waals surface area contributed by atoms with E-state index < -0.39 is 0 Å². The zero-order valence-corrected chi connectivity index (χ0v) is 10.2. The Labute approximate surface area is 108 Å². The van der Waals surface area contributed by atoms with Crippen molar-refractivity contribution in [3.05, 3.63) is 47.0 Å². The van der Waals surface area contributed by atoms with Crippen LogP contribution in [0.3, 0.4) is 0 Å². The molecule has 1 amide bonds. The van der Waals surface area contributed by atoms with Crippen LogP contribution in [0.25, 0.3) is 6.08 Å². The third-order valence-corrected chi connectivity index (χ3v) is 3.26. The molecule has 1 aromatic heterocycles. The minimum atomic E-state index is -0.167. The van der Waals surface area contributed by atoms with Gasteiger partial charge in [0.05, 0.1) is 5.57 Å². The number of nitrogens with zero attached hydrogens (tertiary/aromatic N) is 1. The maximum Gasteiger partial charge on any atom is 0.256 e. The quantitative estimate of drug-likeness (QED) is 0.900. The summed E-state index contributed by atoms with van der Waals surface area (Å²) in [5.41, 5.74) is 1.52. The Morgan fingerprint density at radius 2 is 2.28 bits per heavy atom. The van der Waals surface area contributed by atoms with Gasteiger partial charge in [0.15, 0.2) is 5.13 Å². The van der Waals surface area contributed by atoms with Crippen LogP contribution in [-0.4, -0.2) is 17.5 Å². The zero-order valence-electron chi connectivity index (χ0n) is 9.42. The van der Waals surface area contributed by atoms with Gasteiger partial charge in [-0.25, -0.2) is 4.98 Å².